The van der Waals surface area contributed by atoms with Crippen molar-refractivity contribution in [1.82, 2.24) is 9.88 Å². The molecule has 0 amide bonds. The Morgan fingerprint density at radius 3 is 2.72 bits per heavy atom. The minimum atomic E-state index is -0.346. The SMILES string of the molecule is C=C(F)/C(=C\C=C/C)C(C)N1CC(C)(CC)c2c([nH]c3cc(C)ccc23)C1CC. The topological polar surface area (TPSA) is 19.0 Å². The summed E-state index contributed by atoms with van der Waals surface area (Å²) in [5, 5.41) is 1.33. The number of H-pyrrole nitrogens is 1. The van der Waals surface area contributed by atoms with E-state index in [1.165, 1.54) is 27.7 Å². The van der Waals surface area contributed by atoms with E-state index < -0.39 is 0 Å². The third-order valence-electron chi connectivity index (χ3n) is 6.75. The van der Waals surface area contributed by atoms with Gasteiger partial charge in [-0.2, -0.15) is 0 Å². The zero-order chi connectivity index (χ0) is 21.3. The normalized spacial score (nSPS) is 24.2. The summed E-state index contributed by atoms with van der Waals surface area (Å²) in [4.78, 5) is 6.22. The number of hydrogen-bond donors (Lipinski definition) is 1. The van der Waals surface area contributed by atoms with E-state index in [1.54, 1.807) is 0 Å². The number of nitrogens with zero attached hydrogens (tertiary/aromatic N) is 1. The number of allylic oxidation sites excluding steroid dienone is 3. The number of aromatic amines is 1. The average Bonchev–Trinajstić information content (AvgIpc) is 3.07. The zero-order valence-electron chi connectivity index (χ0n) is 18.8. The molecule has 0 radical (unpaired) electrons. The summed E-state index contributed by atoms with van der Waals surface area (Å²) in [5.74, 6) is -0.346. The van der Waals surface area contributed by atoms with Crippen molar-refractivity contribution in [3.8, 4) is 0 Å². The molecule has 3 heteroatoms. The molecule has 0 bridgehead atoms. The molecule has 29 heavy (non-hydrogen) atoms. The van der Waals surface area contributed by atoms with Crippen molar-refractivity contribution in [3.05, 3.63) is 71.2 Å². The molecule has 0 fully saturated rings. The average molecular weight is 395 g/mol. The molecule has 2 nitrogen and oxygen atoms in total. The summed E-state index contributed by atoms with van der Waals surface area (Å²) in [7, 11) is 0. The first-order valence-corrected chi connectivity index (χ1v) is 10.8. The molecule has 0 aliphatic carbocycles. The van der Waals surface area contributed by atoms with Crippen LogP contribution in [-0.4, -0.2) is 22.5 Å². The molecule has 3 unspecified atom stereocenters. The summed E-state index contributed by atoms with van der Waals surface area (Å²) >= 11 is 0. The Balaban J connectivity index is 2.18. The molecule has 3 rings (SSSR count). The summed E-state index contributed by atoms with van der Waals surface area (Å²) < 4.78 is 14.4. The van der Waals surface area contributed by atoms with Crippen molar-refractivity contribution in [3.63, 3.8) is 0 Å². The van der Waals surface area contributed by atoms with Crippen LogP contribution in [0.4, 0.5) is 4.39 Å². The molecule has 1 aromatic carbocycles. The summed E-state index contributed by atoms with van der Waals surface area (Å²) in [5.41, 5.74) is 5.89. The quantitative estimate of drug-likeness (QED) is 0.510. The Labute approximate surface area is 175 Å². The first-order chi connectivity index (χ1) is 13.8. The van der Waals surface area contributed by atoms with Crippen LogP contribution in [-0.2, 0) is 5.41 Å². The fourth-order valence-electron chi connectivity index (χ4n) is 4.96. The minimum Gasteiger partial charge on any atom is -0.357 e. The van der Waals surface area contributed by atoms with Crippen molar-refractivity contribution in [2.75, 3.05) is 6.54 Å². The second kappa shape index (κ2) is 8.31. The molecule has 0 saturated heterocycles. The molecular formula is C26H35FN2. The van der Waals surface area contributed by atoms with Gasteiger partial charge in [-0.25, -0.2) is 4.39 Å². The maximum atomic E-state index is 14.4. The molecule has 156 valence electrons. The molecule has 3 atom stereocenters. The van der Waals surface area contributed by atoms with Crippen LogP contribution in [0.25, 0.3) is 10.9 Å². The van der Waals surface area contributed by atoms with Gasteiger partial charge in [0, 0.05) is 40.2 Å². The van der Waals surface area contributed by atoms with Crippen LogP contribution in [0, 0.1) is 6.92 Å². The minimum absolute atomic E-state index is 0.00607. The third kappa shape index (κ3) is 3.73. The van der Waals surface area contributed by atoms with Gasteiger partial charge in [0.25, 0.3) is 0 Å². The van der Waals surface area contributed by atoms with E-state index in [2.05, 4.69) is 69.3 Å². The monoisotopic (exact) mass is 394 g/mol. The van der Waals surface area contributed by atoms with E-state index in [0.717, 1.165) is 19.4 Å². The molecule has 0 spiro atoms. The van der Waals surface area contributed by atoms with E-state index in [9.17, 15) is 4.39 Å². The largest absolute Gasteiger partial charge is 0.357 e. The van der Waals surface area contributed by atoms with Gasteiger partial charge in [0.15, 0.2) is 0 Å². The van der Waals surface area contributed by atoms with Crippen LogP contribution in [0.3, 0.4) is 0 Å². The Kier molecular flexibility index (Phi) is 6.19. The lowest BCUT2D eigenvalue weighted by molar-refractivity contribution is 0.0983. The van der Waals surface area contributed by atoms with E-state index in [-0.39, 0.29) is 23.3 Å². The predicted molar refractivity (Wildman–Crippen MR) is 123 cm³/mol. The van der Waals surface area contributed by atoms with E-state index >= 15 is 0 Å². The van der Waals surface area contributed by atoms with Crippen molar-refractivity contribution < 1.29 is 4.39 Å². The Morgan fingerprint density at radius 2 is 2.14 bits per heavy atom. The van der Waals surface area contributed by atoms with Crippen LogP contribution >= 0.6 is 0 Å². The summed E-state index contributed by atoms with van der Waals surface area (Å²) in [6.07, 6.45) is 7.70. The number of nitrogens with one attached hydrogen (secondary N) is 1. The molecule has 1 aliphatic heterocycles. The van der Waals surface area contributed by atoms with Crippen LogP contribution in [0.15, 0.2) is 54.4 Å². The molecule has 0 saturated carbocycles. The fraction of sp³-hybridized carbons (Fsp3) is 0.462. The Bertz CT molecular complexity index is 964. The molecule has 1 aromatic heterocycles. The molecule has 2 heterocycles. The number of rotatable bonds is 6. The van der Waals surface area contributed by atoms with Gasteiger partial charge >= 0.3 is 0 Å². The maximum Gasteiger partial charge on any atom is 0.120 e. The highest BCUT2D eigenvalue weighted by Crippen LogP contribution is 2.47. The lowest BCUT2D eigenvalue weighted by Crippen LogP contribution is -2.50. The number of benzene rings is 1. The molecular weight excluding hydrogens is 359 g/mol. The summed E-state index contributed by atoms with van der Waals surface area (Å²) in [6, 6.07) is 6.88. The van der Waals surface area contributed by atoms with Crippen molar-refractivity contribution in [1.29, 1.82) is 0 Å². The number of hydrogen-bond acceptors (Lipinski definition) is 1. The highest BCUT2D eigenvalue weighted by atomic mass is 19.1. The van der Waals surface area contributed by atoms with E-state index in [1.807, 2.05) is 25.2 Å². The second-order valence-corrected chi connectivity index (χ2v) is 8.70. The van der Waals surface area contributed by atoms with Crippen molar-refractivity contribution in [2.24, 2.45) is 0 Å². The Hall–Kier alpha value is -2.13. The zero-order valence-corrected chi connectivity index (χ0v) is 18.8. The van der Waals surface area contributed by atoms with Gasteiger partial charge in [-0.1, -0.05) is 57.7 Å². The standard InChI is InChI=1S/C26H35FN2/c1-8-11-12-20(18(5)27)19(6)29-16-26(7,10-3)24-21-14-13-17(4)15-22(21)28-25(24)23(29)9-2/h8,11-15,19,23,28H,5,9-10,16H2,1-4,6-7H3/b11-8-,20-12+. The number of aromatic nitrogens is 1. The van der Waals surface area contributed by atoms with Crippen LogP contribution in [0.2, 0.25) is 0 Å². The lowest BCUT2D eigenvalue weighted by Gasteiger charge is -2.48. The third-order valence-corrected chi connectivity index (χ3v) is 6.75. The van der Waals surface area contributed by atoms with Crippen LogP contribution in [0.1, 0.15) is 70.3 Å². The van der Waals surface area contributed by atoms with Crippen LogP contribution in [0.5, 0.6) is 0 Å². The molecule has 1 N–H and O–H groups in total. The van der Waals surface area contributed by atoms with E-state index in [4.69, 9.17) is 0 Å². The van der Waals surface area contributed by atoms with E-state index in [0.29, 0.717) is 5.57 Å². The van der Waals surface area contributed by atoms with Gasteiger partial charge in [-0.3, -0.25) is 4.90 Å². The smallest absolute Gasteiger partial charge is 0.120 e. The molecule has 1 aliphatic rings. The Morgan fingerprint density at radius 1 is 1.41 bits per heavy atom. The predicted octanol–water partition coefficient (Wildman–Crippen LogP) is 7.28. The highest BCUT2D eigenvalue weighted by molar-refractivity contribution is 5.87. The summed E-state index contributed by atoms with van der Waals surface area (Å²) in [6.45, 7) is 17.5. The second-order valence-electron chi connectivity index (χ2n) is 8.70. The van der Waals surface area contributed by atoms with Crippen molar-refractivity contribution in [2.45, 2.75) is 71.9 Å². The van der Waals surface area contributed by atoms with Gasteiger partial charge in [0.1, 0.15) is 5.83 Å². The lowest BCUT2D eigenvalue weighted by atomic mass is 9.73. The van der Waals surface area contributed by atoms with Gasteiger partial charge in [-0.15, -0.1) is 0 Å². The highest BCUT2D eigenvalue weighted by Gasteiger charge is 2.43. The first kappa shape index (κ1) is 21.6. The first-order valence-electron chi connectivity index (χ1n) is 10.8. The number of aryl methyl sites for hydroxylation is 1. The number of halogens is 1. The van der Waals surface area contributed by atoms with Gasteiger partial charge in [0.05, 0.1) is 6.04 Å². The fourth-order valence-corrected chi connectivity index (χ4v) is 4.96. The van der Waals surface area contributed by atoms with Gasteiger partial charge in [-0.05, 0) is 50.8 Å². The van der Waals surface area contributed by atoms with Crippen molar-refractivity contribution >= 4 is 10.9 Å². The maximum absolute atomic E-state index is 14.4. The molecule has 2 aromatic rings. The van der Waals surface area contributed by atoms with Crippen LogP contribution < -0.4 is 0 Å². The van der Waals surface area contributed by atoms with Gasteiger partial charge in [0.2, 0.25) is 0 Å². The van der Waals surface area contributed by atoms with Gasteiger partial charge < -0.3 is 4.98 Å². The number of fused-ring (bicyclic) bond motifs is 3.